The number of nitrogens with zero attached hydrogens (tertiary/aromatic N) is 3. The molecular formula is C21H28N4O2. The van der Waals surface area contributed by atoms with E-state index in [1.807, 2.05) is 54.4 Å². The summed E-state index contributed by atoms with van der Waals surface area (Å²) in [6, 6.07) is 18.0. The van der Waals surface area contributed by atoms with Gasteiger partial charge in [-0.2, -0.15) is 0 Å². The van der Waals surface area contributed by atoms with Crippen LogP contribution in [0, 0.1) is 0 Å². The molecule has 1 amide bonds. The summed E-state index contributed by atoms with van der Waals surface area (Å²) in [4.78, 5) is 20.2. The molecule has 6 heteroatoms. The molecule has 27 heavy (non-hydrogen) atoms. The van der Waals surface area contributed by atoms with E-state index in [-0.39, 0.29) is 12.5 Å². The van der Waals surface area contributed by atoms with Gasteiger partial charge < -0.3 is 19.9 Å². The number of nitrogens with one attached hydrogen (secondary N) is 1. The van der Waals surface area contributed by atoms with Gasteiger partial charge in [-0.25, -0.2) is 4.99 Å². The van der Waals surface area contributed by atoms with Crippen molar-refractivity contribution in [3.05, 3.63) is 65.7 Å². The molecule has 2 aromatic rings. The Labute approximate surface area is 161 Å². The summed E-state index contributed by atoms with van der Waals surface area (Å²) in [7, 11) is 7.10. The van der Waals surface area contributed by atoms with E-state index in [1.54, 1.807) is 26.1 Å². The number of hydrogen-bond donors (Lipinski definition) is 1. The number of guanidine groups is 1. The van der Waals surface area contributed by atoms with Crippen LogP contribution in [-0.4, -0.2) is 56.5 Å². The largest absolute Gasteiger partial charge is 0.497 e. The first-order valence-electron chi connectivity index (χ1n) is 8.86. The molecule has 0 aliphatic carbocycles. The van der Waals surface area contributed by atoms with Crippen LogP contribution in [0.1, 0.15) is 11.1 Å². The molecular weight excluding hydrogens is 340 g/mol. The van der Waals surface area contributed by atoms with Crippen molar-refractivity contribution in [2.75, 3.05) is 34.8 Å². The molecule has 144 valence electrons. The van der Waals surface area contributed by atoms with Crippen LogP contribution in [0.15, 0.2) is 59.6 Å². The molecule has 0 fully saturated rings. The minimum Gasteiger partial charge on any atom is -0.497 e. The van der Waals surface area contributed by atoms with Crippen molar-refractivity contribution in [2.45, 2.75) is 13.1 Å². The van der Waals surface area contributed by atoms with Gasteiger partial charge in [0, 0.05) is 27.7 Å². The molecule has 0 spiro atoms. The predicted octanol–water partition coefficient (Wildman–Crippen LogP) is 2.36. The Bertz CT molecular complexity index is 743. The standard InChI is InChI=1S/C21H28N4O2/c1-24(2)20(26)15-23-21(25(3)16-18-8-6-5-7-9-18)22-14-17-10-12-19(27-4)13-11-17/h5-13H,14-16H2,1-4H3,(H,22,23). The van der Waals surface area contributed by atoms with E-state index in [1.165, 1.54) is 5.56 Å². The molecule has 0 aliphatic heterocycles. The maximum Gasteiger partial charge on any atom is 0.241 e. The fourth-order valence-corrected chi connectivity index (χ4v) is 2.45. The second-order valence-corrected chi connectivity index (χ2v) is 6.47. The van der Waals surface area contributed by atoms with Crippen LogP contribution < -0.4 is 10.1 Å². The van der Waals surface area contributed by atoms with Crippen LogP contribution in [0.3, 0.4) is 0 Å². The summed E-state index contributed by atoms with van der Waals surface area (Å²) < 4.78 is 5.19. The van der Waals surface area contributed by atoms with Crippen molar-refractivity contribution in [1.29, 1.82) is 0 Å². The normalized spacial score (nSPS) is 11.0. The fraction of sp³-hybridized carbons (Fsp3) is 0.333. The molecule has 0 aliphatic rings. The summed E-state index contributed by atoms with van der Waals surface area (Å²) in [6.07, 6.45) is 0. The van der Waals surface area contributed by atoms with Crippen molar-refractivity contribution >= 4 is 11.9 Å². The highest BCUT2D eigenvalue weighted by atomic mass is 16.5. The van der Waals surface area contributed by atoms with Gasteiger partial charge in [0.2, 0.25) is 5.91 Å². The Hall–Kier alpha value is -3.02. The predicted molar refractivity (Wildman–Crippen MR) is 109 cm³/mol. The summed E-state index contributed by atoms with van der Waals surface area (Å²) in [6.45, 7) is 1.42. The van der Waals surface area contributed by atoms with Gasteiger partial charge in [-0.05, 0) is 23.3 Å². The molecule has 0 unspecified atom stereocenters. The fourth-order valence-electron chi connectivity index (χ4n) is 2.45. The lowest BCUT2D eigenvalue weighted by molar-refractivity contribution is -0.127. The average molecular weight is 368 g/mol. The van der Waals surface area contributed by atoms with Crippen LogP contribution in [-0.2, 0) is 17.9 Å². The molecule has 0 heterocycles. The van der Waals surface area contributed by atoms with E-state index in [0.717, 1.165) is 11.3 Å². The van der Waals surface area contributed by atoms with E-state index in [2.05, 4.69) is 17.4 Å². The Morgan fingerprint density at radius 2 is 1.67 bits per heavy atom. The van der Waals surface area contributed by atoms with Gasteiger partial charge in [0.25, 0.3) is 0 Å². The van der Waals surface area contributed by atoms with Crippen LogP contribution in [0.25, 0.3) is 0 Å². The SMILES string of the molecule is COc1ccc(CN=C(NCC(=O)N(C)C)N(C)Cc2ccccc2)cc1. The lowest BCUT2D eigenvalue weighted by atomic mass is 10.2. The molecule has 6 nitrogen and oxygen atoms in total. The van der Waals surface area contributed by atoms with Crippen molar-refractivity contribution in [3.8, 4) is 5.75 Å². The topological polar surface area (TPSA) is 57.2 Å². The van der Waals surface area contributed by atoms with Crippen molar-refractivity contribution < 1.29 is 9.53 Å². The van der Waals surface area contributed by atoms with E-state index in [9.17, 15) is 4.79 Å². The van der Waals surface area contributed by atoms with E-state index in [0.29, 0.717) is 19.0 Å². The van der Waals surface area contributed by atoms with Crippen LogP contribution in [0.4, 0.5) is 0 Å². The summed E-state index contributed by atoms with van der Waals surface area (Å²) in [5.41, 5.74) is 2.25. The third-order valence-electron chi connectivity index (χ3n) is 4.09. The lowest BCUT2D eigenvalue weighted by Crippen LogP contribution is -2.43. The quantitative estimate of drug-likeness (QED) is 0.602. The molecule has 0 bridgehead atoms. The number of methoxy groups -OCH3 is 1. The maximum atomic E-state index is 11.9. The second-order valence-electron chi connectivity index (χ2n) is 6.47. The van der Waals surface area contributed by atoms with Gasteiger partial charge in [0.15, 0.2) is 5.96 Å². The van der Waals surface area contributed by atoms with Gasteiger partial charge in [0.05, 0.1) is 20.2 Å². The number of carbonyl (C=O) groups excluding carboxylic acids is 1. The molecule has 0 saturated carbocycles. The van der Waals surface area contributed by atoms with Gasteiger partial charge in [0.1, 0.15) is 5.75 Å². The van der Waals surface area contributed by atoms with Crippen molar-refractivity contribution in [3.63, 3.8) is 0 Å². The highest BCUT2D eigenvalue weighted by molar-refractivity contribution is 5.86. The van der Waals surface area contributed by atoms with E-state index < -0.39 is 0 Å². The number of carbonyl (C=O) groups is 1. The first-order chi connectivity index (χ1) is 13.0. The zero-order valence-corrected chi connectivity index (χ0v) is 16.5. The highest BCUT2D eigenvalue weighted by Crippen LogP contribution is 2.12. The molecule has 1 N–H and O–H groups in total. The van der Waals surface area contributed by atoms with Gasteiger partial charge in [-0.15, -0.1) is 0 Å². The average Bonchev–Trinajstić information content (AvgIpc) is 2.68. The van der Waals surface area contributed by atoms with Crippen LogP contribution in [0.2, 0.25) is 0 Å². The Balaban J connectivity index is 2.10. The molecule has 0 radical (unpaired) electrons. The van der Waals surface area contributed by atoms with Gasteiger partial charge >= 0.3 is 0 Å². The molecule has 0 saturated heterocycles. The Kier molecular flexibility index (Phi) is 7.67. The second kappa shape index (κ2) is 10.2. The lowest BCUT2D eigenvalue weighted by Gasteiger charge is -2.23. The number of benzene rings is 2. The number of likely N-dealkylation sites (N-methyl/N-ethyl adjacent to an activating group) is 1. The number of ether oxygens (including phenoxy) is 1. The molecule has 0 atom stereocenters. The Morgan fingerprint density at radius 1 is 1.00 bits per heavy atom. The van der Waals surface area contributed by atoms with Crippen LogP contribution >= 0.6 is 0 Å². The summed E-state index contributed by atoms with van der Waals surface area (Å²) in [5.74, 6) is 1.50. The third kappa shape index (κ3) is 6.66. The smallest absolute Gasteiger partial charge is 0.241 e. The maximum absolute atomic E-state index is 11.9. The summed E-state index contributed by atoms with van der Waals surface area (Å²) >= 11 is 0. The zero-order valence-electron chi connectivity index (χ0n) is 16.5. The molecule has 0 aromatic heterocycles. The number of hydrogen-bond acceptors (Lipinski definition) is 3. The Morgan fingerprint density at radius 3 is 2.26 bits per heavy atom. The zero-order chi connectivity index (χ0) is 19.6. The number of amides is 1. The van der Waals surface area contributed by atoms with Crippen molar-refractivity contribution in [1.82, 2.24) is 15.1 Å². The first-order valence-corrected chi connectivity index (χ1v) is 8.86. The van der Waals surface area contributed by atoms with E-state index >= 15 is 0 Å². The van der Waals surface area contributed by atoms with E-state index in [4.69, 9.17) is 9.73 Å². The number of aliphatic imine (C=N–C) groups is 1. The summed E-state index contributed by atoms with van der Waals surface area (Å²) in [5, 5.41) is 3.17. The molecule has 2 aromatic carbocycles. The molecule has 2 rings (SSSR count). The van der Waals surface area contributed by atoms with Crippen LogP contribution in [0.5, 0.6) is 5.75 Å². The third-order valence-corrected chi connectivity index (χ3v) is 4.09. The van der Waals surface area contributed by atoms with Crippen molar-refractivity contribution in [2.24, 2.45) is 4.99 Å². The van der Waals surface area contributed by atoms with Gasteiger partial charge in [-0.1, -0.05) is 42.5 Å². The monoisotopic (exact) mass is 368 g/mol. The van der Waals surface area contributed by atoms with Gasteiger partial charge in [-0.3, -0.25) is 4.79 Å². The minimum atomic E-state index is 0.000239. The first kappa shape index (κ1) is 20.3. The minimum absolute atomic E-state index is 0.000239. The highest BCUT2D eigenvalue weighted by Gasteiger charge is 2.10. The number of rotatable bonds is 7.